The van der Waals surface area contributed by atoms with Crippen LogP contribution in [0.2, 0.25) is 0 Å². The molecule has 1 rings (SSSR count). The predicted molar refractivity (Wildman–Crippen MR) is 54.2 cm³/mol. The van der Waals surface area contributed by atoms with Crippen LogP contribution in [-0.4, -0.2) is 25.0 Å². The SMILES string of the molecule is C/C=C\C1=C(C)CN(C)CC1C. The van der Waals surface area contributed by atoms with E-state index >= 15 is 0 Å². The maximum absolute atomic E-state index is 2.38. The van der Waals surface area contributed by atoms with Crippen molar-refractivity contribution < 1.29 is 0 Å². The molecule has 0 aliphatic carbocycles. The second-order valence-corrected chi connectivity index (χ2v) is 3.83. The van der Waals surface area contributed by atoms with E-state index in [1.807, 2.05) is 0 Å². The zero-order valence-electron chi connectivity index (χ0n) is 8.59. The van der Waals surface area contributed by atoms with Gasteiger partial charge in [-0.15, -0.1) is 0 Å². The molecule has 0 bridgehead atoms. The Labute approximate surface area is 75.8 Å². The third-order valence-electron chi connectivity index (χ3n) is 2.46. The molecule has 1 nitrogen and oxygen atoms in total. The van der Waals surface area contributed by atoms with E-state index in [-0.39, 0.29) is 0 Å². The number of hydrogen-bond donors (Lipinski definition) is 0. The molecule has 1 aliphatic rings. The van der Waals surface area contributed by atoms with Gasteiger partial charge in [-0.1, -0.05) is 24.6 Å². The minimum atomic E-state index is 0.694. The van der Waals surface area contributed by atoms with Crippen LogP contribution < -0.4 is 0 Å². The molecular formula is C11H19N. The van der Waals surface area contributed by atoms with Gasteiger partial charge >= 0.3 is 0 Å². The maximum atomic E-state index is 2.38. The first-order valence-electron chi connectivity index (χ1n) is 4.66. The van der Waals surface area contributed by atoms with Crippen LogP contribution in [0.5, 0.6) is 0 Å². The topological polar surface area (TPSA) is 3.24 Å². The van der Waals surface area contributed by atoms with E-state index in [1.54, 1.807) is 0 Å². The fraction of sp³-hybridized carbons (Fsp3) is 0.636. The molecule has 1 atom stereocenters. The van der Waals surface area contributed by atoms with E-state index in [1.165, 1.54) is 17.7 Å². The quantitative estimate of drug-likeness (QED) is 0.577. The van der Waals surface area contributed by atoms with Crippen LogP contribution in [0.25, 0.3) is 0 Å². The standard InChI is InChI=1S/C11H19N/c1-5-6-11-9(2)7-12(4)8-10(11)3/h5-6,9H,7-8H2,1-4H3/b6-5-. The van der Waals surface area contributed by atoms with E-state index in [2.05, 4.69) is 44.9 Å². The molecule has 12 heavy (non-hydrogen) atoms. The number of hydrogen-bond acceptors (Lipinski definition) is 1. The predicted octanol–water partition coefficient (Wildman–Crippen LogP) is 2.46. The van der Waals surface area contributed by atoms with E-state index < -0.39 is 0 Å². The summed E-state index contributed by atoms with van der Waals surface area (Å²) in [6.07, 6.45) is 4.40. The van der Waals surface area contributed by atoms with Gasteiger partial charge in [0.05, 0.1) is 0 Å². The summed E-state index contributed by atoms with van der Waals surface area (Å²) in [6.45, 7) is 8.95. The molecule has 0 aromatic rings. The Kier molecular flexibility index (Phi) is 3.10. The van der Waals surface area contributed by atoms with Crippen molar-refractivity contribution >= 4 is 0 Å². The summed E-state index contributed by atoms with van der Waals surface area (Å²) in [5.41, 5.74) is 3.06. The average molecular weight is 165 g/mol. The van der Waals surface area contributed by atoms with Gasteiger partial charge in [-0.2, -0.15) is 0 Å². The molecule has 0 aromatic heterocycles. The average Bonchev–Trinajstić information content (AvgIpc) is 1.96. The van der Waals surface area contributed by atoms with Gasteiger partial charge in [0, 0.05) is 13.1 Å². The Balaban J connectivity index is 2.85. The summed E-state index contributed by atoms with van der Waals surface area (Å²) in [4.78, 5) is 2.38. The first kappa shape index (κ1) is 9.53. The number of rotatable bonds is 1. The molecular weight excluding hydrogens is 146 g/mol. The monoisotopic (exact) mass is 165 g/mol. The summed E-state index contributed by atoms with van der Waals surface area (Å²) in [5.74, 6) is 0.694. The van der Waals surface area contributed by atoms with Crippen molar-refractivity contribution in [2.24, 2.45) is 5.92 Å². The zero-order chi connectivity index (χ0) is 9.14. The van der Waals surface area contributed by atoms with Crippen LogP contribution in [0.3, 0.4) is 0 Å². The molecule has 1 aliphatic heterocycles. The molecule has 0 spiro atoms. The minimum absolute atomic E-state index is 0.694. The zero-order valence-corrected chi connectivity index (χ0v) is 8.59. The number of allylic oxidation sites excluding steroid dienone is 2. The fourth-order valence-electron chi connectivity index (χ4n) is 2.03. The van der Waals surface area contributed by atoms with Crippen LogP contribution in [0, 0.1) is 5.92 Å². The number of nitrogens with zero attached hydrogens (tertiary/aromatic N) is 1. The Morgan fingerprint density at radius 1 is 1.50 bits per heavy atom. The van der Waals surface area contributed by atoms with Gasteiger partial charge < -0.3 is 4.90 Å². The molecule has 1 unspecified atom stereocenters. The molecule has 0 saturated heterocycles. The largest absolute Gasteiger partial charge is 0.302 e. The summed E-state index contributed by atoms with van der Waals surface area (Å²) in [6, 6.07) is 0. The third kappa shape index (κ3) is 1.98. The lowest BCUT2D eigenvalue weighted by atomic mass is 9.92. The molecule has 0 fully saturated rings. The van der Waals surface area contributed by atoms with Gasteiger partial charge in [0.2, 0.25) is 0 Å². The van der Waals surface area contributed by atoms with Gasteiger partial charge in [-0.05, 0) is 32.4 Å². The lowest BCUT2D eigenvalue weighted by Crippen LogP contribution is -2.32. The van der Waals surface area contributed by atoms with Crippen molar-refractivity contribution in [3.63, 3.8) is 0 Å². The van der Waals surface area contributed by atoms with Crippen molar-refractivity contribution in [2.45, 2.75) is 20.8 Å². The van der Waals surface area contributed by atoms with Crippen molar-refractivity contribution in [1.82, 2.24) is 4.90 Å². The van der Waals surface area contributed by atoms with Crippen LogP contribution >= 0.6 is 0 Å². The van der Waals surface area contributed by atoms with Gasteiger partial charge in [0.25, 0.3) is 0 Å². The second kappa shape index (κ2) is 3.90. The highest BCUT2D eigenvalue weighted by molar-refractivity contribution is 5.29. The van der Waals surface area contributed by atoms with E-state index in [0.717, 1.165) is 6.54 Å². The van der Waals surface area contributed by atoms with Crippen molar-refractivity contribution in [2.75, 3.05) is 20.1 Å². The highest BCUT2D eigenvalue weighted by Crippen LogP contribution is 2.23. The lowest BCUT2D eigenvalue weighted by molar-refractivity contribution is 0.306. The van der Waals surface area contributed by atoms with Crippen molar-refractivity contribution in [3.8, 4) is 0 Å². The van der Waals surface area contributed by atoms with E-state index in [0.29, 0.717) is 5.92 Å². The Hall–Kier alpha value is -0.560. The molecule has 0 saturated carbocycles. The van der Waals surface area contributed by atoms with E-state index in [9.17, 15) is 0 Å². The molecule has 1 heteroatoms. The summed E-state index contributed by atoms with van der Waals surface area (Å²) < 4.78 is 0. The van der Waals surface area contributed by atoms with Crippen LogP contribution in [0.15, 0.2) is 23.3 Å². The molecule has 0 radical (unpaired) electrons. The van der Waals surface area contributed by atoms with Gasteiger partial charge in [0.1, 0.15) is 0 Å². The Morgan fingerprint density at radius 2 is 2.17 bits per heavy atom. The molecule has 0 amide bonds. The fourth-order valence-corrected chi connectivity index (χ4v) is 2.03. The summed E-state index contributed by atoms with van der Waals surface area (Å²) in [7, 11) is 2.19. The highest BCUT2D eigenvalue weighted by atomic mass is 15.1. The highest BCUT2D eigenvalue weighted by Gasteiger charge is 2.17. The second-order valence-electron chi connectivity index (χ2n) is 3.83. The molecule has 1 heterocycles. The summed E-state index contributed by atoms with van der Waals surface area (Å²) in [5, 5.41) is 0. The lowest BCUT2D eigenvalue weighted by Gasteiger charge is -2.30. The third-order valence-corrected chi connectivity index (χ3v) is 2.46. The van der Waals surface area contributed by atoms with Crippen LogP contribution in [-0.2, 0) is 0 Å². The van der Waals surface area contributed by atoms with Crippen molar-refractivity contribution in [3.05, 3.63) is 23.3 Å². The van der Waals surface area contributed by atoms with Gasteiger partial charge in [-0.25, -0.2) is 0 Å². The number of likely N-dealkylation sites (N-methyl/N-ethyl adjacent to an activating group) is 1. The van der Waals surface area contributed by atoms with Gasteiger partial charge in [0.15, 0.2) is 0 Å². The molecule has 0 N–H and O–H groups in total. The van der Waals surface area contributed by atoms with Gasteiger partial charge in [-0.3, -0.25) is 0 Å². The smallest absolute Gasteiger partial charge is 0.0193 e. The Bertz CT molecular complexity index is 213. The van der Waals surface area contributed by atoms with Crippen LogP contribution in [0.1, 0.15) is 20.8 Å². The molecule has 68 valence electrons. The summed E-state index contributed by atoms with van der Waals surface area (Å²) >= 11 is 0. The normalized spacial score (nSPS) is 27.2. The first-order valence-corrected chi connectivity index (χ1v) is 4.66. The maximum Gasteiger partial charge on any atom is 0.0193 e. The molecule has 0 aromatic carbocycles. The minimum Gasteiger partial charge on any atom is -0.302 e. The first-order chi connectivity index (χ1) is 5.65. The van der Waals surface area contributed by atoms with E-state index in [4.69, 9.17) is 0 Å². The Morgan fingerprint density at radius 3 is 2.67 bits per heavy atom. The van der Waals surface area contributed by atoms with Crippen LogP contribution in [0.4, 0.5) is 0 Å². The van der Waals surface area contributed by atoms with Crippen molar-refractivity contribution in [1.29, 1.82) is 0 Å².